The number of carboxylic acid groups (broad SMARTS) is 4. The fourth-order valence-electron chi connectivity index (χ4n) is 6.19. The molecule has 2 aromatic carbocycles. The van der Waals surface area contributed by atoms with Gasteiger partial charge >= 0.3 is 29.9 Å². The van der Waals surface area contributed by atoms with E-state index in [9.17, 15) is 50.0 Å². The summed E-state index contributed by atoms with van der Waals surface area (Å²) in [5.41, 5.74) is 12.1. The van der Waals surface area contributed by atoms with Gasteiger partial charge in [-0.2, -0.15) is 50.0 Å². The van der Waals surface area contributed by atoms with E-state index in [1.165, 1.54) is 32.9 Å². The smallest absolute Gasteiger partial charge is 0.335 e. The minimum Gasteiger partial charge on any atom is -0.479 e. The number of carboxylic acids is 4. The van der Waals surface area contributed by atoms with E-state index in [0.29, 0.717) is 0 Å². The molecular weight excluding hydrogens is 855 g/mol. The van der Waals surface area contributed by atoms with Crippen LogP contribution in [0.1, 0.15) is 69.8 Å². The summed E-state index contributed by atoms with van der Waals surface area (Å²) < 4.78 is 4.16. The third kappa shape index (κ3) is 7.87. The monoisotopic (exact) mass is 883 g/mol. The lowest BCUT2D eigenvalue weighted by Gasteiger charge is -2.07. The van der Waals surface area contributed by atoms with E-state index in [0.717, 1.165) is 43.0 Å². The fraction of sp³-hybridized carbons (Fsp3) is 0.108. The van der Waals surface area contributed by atoms with Gasteiger partial charge in [-0.05, 0) is 70.8 Å². The molecule has 65 heavy (non-hydrogen) atoms. The van der Waals surface area contributed by atoms with Gasteiger partial charge in [0, 0.05) is 0 Å². The molecule has 7 rings (SSSR count). The Morgan fingerprint density at radius 3 is 1.34 bits per heavy atom. The first-order valence-electron chi connectivity index (χ1n) is 18.1. The number of nitrogens with zero attached hydrogens (tertiary/aromatic N) is 17. The molecule has 5 aromatic heterocycles. The Balaban J connectivity index is 1.25. The summed E-state index contributed by atoms with van der Waals surface area (Å²) in [6.07, 6.45) is 0. The molecule has 5 heterocycles. The SMILES string of the molecule is C=Nc1c(C)nn(-c2cc(C(=O)O)cc(C(=O)O)c2)c1N=Nc1c(C)nn(-c2nc(O)nc(-n3nc(C)c(N=Nc4c(C#N)c(C)nn4-c4cc(C(=O)O)cc(C(=O)O)c4)c3N)n2)c1N. The molecule has 0 bridgehead atoms. The summed E-state index contributed by atoms with van der Waals surface area (Å²) in [6.45, 7) is 9.59. The highest BCUT2D eigenvalue weighted by Gasteiger charge is 2.25. The van der Waals surface area contributed by atoms with Crippen LogP contribution in [0.3, 0.4) is 0 Å². The van der Waals surface area contributed by atoms with Crippen molar-refractivity contribution in [3.63, 3.8) is 0 Å². The molecule has 0 fully saturated rings. The van der Waals surface area contributed by atoms with Crippen LogP contribution < -0.4 is 11.5 Å². The van der Waals surface area contributed by atoms with E-state index in [2.05, 4.69) is 67.5 Å². The molecule has 7 aromatic rings. The van der Waals surface area contributed by atoms with Crippen LogP contribution in [0.2, 0.25) is 0 Å². The molecule has 0 atom stereocenters. The van der Waals surface area contributed by atoms with Gasteiger partial charge in [0.2, 0.25) is 5.82 Å². The van der Waals surface area contributed by atoms with E-state index < -0.39 is 29.9 Å². The van der Waals surface area contributed by atoms with Crippen molar-refractivity contribution < 1.29 is 44.7 Å². The molecule has 0 aliphatic rings. The number of carbonyl (C=O) groups is 4. The Bertz CT molecular complexity index is 3250. The molecule has 28 heteroatoms. The summed E-state index contributed by atoms with van der Waals surface area (Å²) in [7, 11) is 0. The minimum atomic E-state index is -1.42. The first kappa shape index (κ1) is 43.0. The molecule has 326 valence electrons. The van der Waals surface area contributed by atoms with Gasteiger partial charge in [-0.3, -0.25) is 4.99 Å². The summed E-state index contributed by atoms with van der Waals surface area (Å²) in [5, 5.41) is 93.2. The highest BCUT2D eigenvalue weighted by atomic mass is 16.4. The number of azo groups is 2. The quantitative estimate of drug-likeness (QED) is 0.0617. The number of aryl methyl sites for hydroxylation is 4. The molecule has 0 amide bonds. The number of aromatic carboxylic acids is 4. The van der Waals surface area contributed by atoms with Crippen molar-refractivity contribution in [3.05, 3.63) is 87.0 Å². The second kappa shape index (κ2) is 16.4. The van der Waals surface area contributed by atoms with Crippen molar-refractivity contribution in [3.8, 4) is 35.4 Å². The van der Waals surface area contributed by atoms with E-state index >= 15 is 0 Å². The van der Waals surface area contributed by atoms with Gasteiger partial charge in [0.25, 0.3) is 11.9 Å². The number of hydrogen-bond donors (Lipinski definition) is 7. The van der Waals surface area contributed by atoms with Gasteiger partial charge < -0.3 is 37.0 Å². The normalized spacial score (nSPS) is 11.4. The number of aliphatic imine (C=N–C) groups is 1. The van der Waals surface area contributed by atoms with Gasteiger partial charge in [-0.1, -0.05) is 0 Å². The van der Waals surface area contributed by atoms with Crippen molar-refractivity contribution in [2.45, 2.75) is 27.7 Å². The number of nitrogen functional groups attached to an aromatic ring is 2. The van der Waals surface area contributed by atoms with Crippen LogP contribution in [0.4, 0.5) is 40.3 Å². The Morgan fingerprint density at radius 2 is 0.938 bits per heavy atom. The molecule has 0 saturated carbocycles. The first-order chi connectivity index (χ1) is 30.8. The molecule has 0 aliphatic carbocycles. The van der Waals surface area contributed by atoms with Crippen molar-refractivity contribution in [1.82, 2.24) is 54.1 Å². The predicted octanol–water partition coefficient (Wildman–Crippen LogP) is 4.55. The molecule has 0 aliphatic heterocycles. The number of benzene rings is 2. The maximum absolute atomic E-state index is 11.8. The van der Waals surface area contributed by atoms with E-state index in [1.807, 2.05) is 6.07 Å². The van der Waals surface area contributed by atoms with Gasteiger partial charge in [-0.25, -0.2) is 28.5 Å². The molecule has 0 unspecified atom stereocenters. The molecule has 0 spiro atoms. The molecule has 28 nitrogen and oxygen atoms in total. The summed E-state index contributed by atoms with van der Waals surface area (Å²) in [6, 6.07) is 7.70. The zero-order chi connectivity index (χ0) is 47.2. The van der Waals surface area contributed by atoms with Crippen molar-refractivity contribution in [1.29, 1.82) is 5.26 Å². The molecule has 9 N–H and O–H groups in total. The van der Waals surface area contributed by atoms with Crippen LogP contribution in [0.5, 0.6) is 6.01 Å². The van der Waals surface area contributed by atoms with Gasteiger partial charge in [-0.15, -0.1) is 20.5 Å². The average molecular weight is 884 g/mol. The van der Waals surface area contributed by atoms with Crippen LogP contribution in [0.15, 0.2) is 61.8 Å². The van der Waals surface area contributed by atoms with E-state index in [-0.39, 0.29) is 114 Å². The third-order valence-corrected chi connectivity index (χ3v) is 9.22. The second-order valence-electron chi connectivity index (χ2n) is 13.5. The van der Waals surface area contributed by atoms with Crippen molar-refractivity contribution in [2.24, 2.45) is 25.4 Å². The standard InChI is InChI=1S/C37H29N19O9/c1-13-23(12-38)29(53(49-13)21-8-17(31(57)58)6-18(9-21)32(59)60)47-45-24-14(2)51-55(27(24)39)35-42-36(44-37(65)43-35)56-28(40)25(15(3)52-56)46-48-30-26(41-5)16(4)50-54(30)22-10-19(33(61)62)7-20(11-22)34(63)64/h6-11H,5,39-40H2,1-4H3,(H,57,58)(H,59,60)(H,61,62)(H,63,64)(H,42,43,44,65). The topological polar surface area (TPSA) is 417 Å². The number of rotatable bonds is 13. The zero-order valence-electron chi connectivity index (χ0n) is 33.8. The van der Waals surface area contributed by atoms with Crippen LogP contribution in [-0.4, -0.2) is 110 Å². The lowest BCUT2D eigenvalue weighted by molar-refractivity contribution is 0.0676. The third-order valence-electron chi connectivity index (χ3n) is 9.22. The van der Waals surface area contributed by atoms with Crippen molar-refractivity contribution >= 4 is 70.9 Å². The van der Waals surface area contributed by atoms with Gasteiger partial charge in [0.15, 0.2) is 28.8 Å². The second-order valence-corrected chi connectivity index (χ2v) is 13.5. The minimum absolute atomic E-state index is 0.00793. The molecule has 0 radical (unpaired) electrons. The molecule has 0 saturated heterocycles. The summed E-state index contributed by atoms with van der Waals surface area (Å²) in [5.74, 6) is -7.05. The number of nitrogens with two attached hydrogens (primary N) is 2. The van der Waals surface area contributed by atoms with Crippen LogP contribution >= 0.6 is 0 Å². The van der Waals surface area contributed by atoms with Gasteiger partial charge in [0.1, 0.15) is 17.3 Å². The predicted molar refractivity (Wildman–Crippen MR) is 221 cm³/mol. The average Bonchev–Trinajstić information content (AvgIpc) is 3.95. The summed E-state index contributed by atoms with van der Waals surface area (Å²) in [4.78, 5) is 63.4. The van der Waals surface area contributed by atoms with Crippen molar-refractivity contribution in [2.75, 3.05) is 11.5 Å². The lowest BCUT2D eigenvalue weighted by atomic mass is 10.1. The number of aromatic nitrogens is 11. The highest BCUT2D eigenvalue weighted by Crippen LogP contribution is 2.38. The Hall–Kier alpha value is -10.1. The van der Waals surface area contributed by atoms with E-state index in [4.69, 9.17) is 11.5 Å². The van der Waals surface area contributed by atoms with Crippen LogP contribution in [-0.2, 0) is 0 Å². The Morgan fingerprint density at radius 1 is 0.569 bits per heavy atom. The Labute approximate surface area is 361 Å². The highest BCUT2D eigenvalue weighted by molar-refractivity contribution is 5.96. The number of aromatic hydroxyl groups is 1. The first-order valence-corrected chi connectivity index (χ1v) is 18.1. The lowest BCUT2D eigenvalue weighted by Crippen LogP contribution is -2.13. The maximum Gasteiger partial charge on any atom is 0.335 e. The summed E-state index contributed by atoms with van der Waals surface area (Å²) >= 11 is 0. The number of nitriles is 1. The fourth-order valence-corrected chi connectivity index (χ4v) is 6.19. The molecular formula is C37H29N19O9. The maximum atomic E-state index is 11.8. The Kier molecular flexibility index (Phi) is 10.9. The zero-order valence-corrected chi connectivity index (χ0v) is 33.8. The number of hydrogen-bond acceptors (Lipinski definition) is 20. The van der Waals surface area contributed by atoms with E-state index in [1.54, 1.807) is 6.92 Å². The van der Waals surface area contributed by atoms with Gasteiger partial charge in [0.05, 0.1) is 56.4 Å². The van der Waals surface area contributed by atoms with Crippen LogP contribution in [0, 0.1) is 39.0 Å². The number of anilines is 2. The van der Waals surface area contributed by atoms with Crippen LogP contribution in [0.25, 0.3) is 23.3 Å². The largest absolute Gasteiger partial charge is 0.479 e.